The molecule has 0 atom stereocenters. The Morgan fingerprint density at radius 3 is 2.54 bits per heavy atom. The molecule has 9 nitrogen and oxygen atoms in total. The van der Waals surface area contributed by atoms with E-state index in [1.165, 1.54) is 17.3 Å². The summed E-state index contributed by atoms with van der Waals surface area (Å²) in [5.74, 6) is -0.867. The molecule has 0 radical (unpaired) electrons. The van der Waals surface area contributed by atoms with Crippen molar-refractivity contribution in [3.63, 3.8) is 0 Å². The van der Waals surface area contributed by atoms with Gasteiger partial charge in [0.25, 0.3) is 5.91 Å². The summed E-state index contributed by atoms with van der Waals surface area (Å²) in [6, 6.07) is 0. The second kappa shape index (κ2) is 6.81. The maximum absolute atomic E-state index is 12.7. The van der Waals surface area contributed by atoms with Gasteiger partial charge in [-0.2, -0.15) is 0 Å². The van der Waals surface area contributed by atoms with Crippen molar-refractivity contribution >= 4 is 27.7 Å². The predicted molar refractivity (Wildman–Crippen MR) is 87.8 cm³/mol. The Morgan fingerprint density at radius 2 is 1.88 bits per heavy atom. The van der Waals surface area contributed by atoms with Gasteiger partial charge in [-0.05, 0) is 0 Å². The zero-order chi connectivity index (χ0) is 18.0. The van der Waals surface area contributed by atoms with Crippen LogP contribution in [0.25, 0.3) is 0 Å². The molecule has 2 rings (SSSR count). The summed E-state index contributed by atoms with van der Waals surface area (Å²) in [6.07, 6.45) is 2.73. The highest BCUT2D eigenvalue weighted by atomic mass is 32.2. The monoisotopic (exact) mass is 355 g/mol. The minimum absolute atomic E-state index is 0.00519. The third-order valence-corrected chi connectivity index (χ3v) is 4.80. The number of nitrogens with zero attached hydrogens (tertiary/aromatic N) is 3. The number of rotatable bonds is 2. The van der Waals surface area contributed by atoms with E-state index in [4.69, 9.17) is 0 Å². The Morgan fingerprint density at radius 1 is 1.21 bits per heavy atom. The Hall–Kier alpha value is -2.07. The standard InChI is InChI=1S/C14H21N5O4S/c1-14(2,3)13(21)18-11-10(15-4-5-16-11)12(20)19-7-6-17-24(22,23)9-8-19/h4-5,17H,6-9H2,1-3H3,(H,16,18,21). The first-order valence-corrected chi connectivity index (χ1v) is 9.14. The molecular weight excluding hydrogens is 334 g/mol. The number of sulfonamides is 1. The molecule has 0 aromatic carbocycles. The van der Waals surface area contributed by atoms with Crippen LogP contribution in [-0.2, 0) is 14.8 Å². The average molecular weight is 355 g/mol. The molecule has 10 heteroatoms. The predicted octanol–water partition coefficient (Wildman–Crippen LogP) is -0.164. The molecule has 2 N–H and O–H groups in total. The number of carbonyl (C=O) groups excluding carboxylic acids is 2. The molecule has 1 fully saturated rings. The van der Waals surface area contributed by atoms with E-state index in [9.17, 15) is 18.0 Å². The highest BCUT2D eigenvalue weighted by Crippen LogP contribution is 2.18. The molecule has 1 aliphatic heterocycles. The van der Waals surface area contributed by atoms with Gasteiger partial charge in [0, 0.05) is 37.4 Å². The Bertz CT molecular complexity index is 742. The molecular formula is C14H21N5O4S. The van der Waals surface area contributed by atoms with E-state index in [0.29, 0.717) is 0 Å². The lowest BCUT2D eigenvalue weighted by Gasteiger charge is -2.21. The smallest absolute Gasteiger partial charge is 0.276 e. The molecule has 1 aliphatic rings. The zero-order valence-corrected chi connectivity index (χ0v) is 14.7. The summed E-state index contributed by atoms with van der Waals surface area (Å²) in [4.78, 5) is 34.2. The second-order valence-electron chi connectivity index (χ2n) is 6.46. The fraction of sp³-hybridized carbons (Fsp3) is 0.571. The third-order valence-electron chi connectivity index (χ3n) is 3.43. The SMILES string of the molecule is CC(C)(C)C(=O)Nc1nccnc1C(=O)N1CCNS(=O)(=O)CC1. The molecule has 1 saturated heterocycles. The molecule has 0 bridgehead atoms. The van der Waals surface area contributed by atoms with Gasteiger partial charge in [-0.1, -0.05) is 20.8 Å². The van der Waals surface area contributed by atoms with Crippen LogP contribution in [0.1, 0.15) is 31.3 Å². The van der Waals surface area contributed by atoms with Crippen LogP contribution in [-0.4, -0.2) is 60.5 Å². The van der Waals surface area contributed by atoms with Crippen molar-refractivity contribution in [2.75, 3.05) is 30.7 Å². The average Bonchev–Trinajstić information content (AvgIpc) is 2.67. The Kier molecular flexibility index (Phi) is 5.19. The largest absolute Gasteiger partial charge is 0.335 e. The van der Waals surface area contributed by atoms with Crippen LogP contribution in [0.4, 0.5) is 5.82 Å². The van der Waals surface area contributed by atoms with Crippen LogP contribution in [0, 0.1) is 5.41 Å². The first kappa shape index (κ1) is 18.3. The van der Waals surface area contributed by atoms with Gasteiger partial charge < -0.3 is 10.2 Å². The van der Waals surface area contributed by atoms with E-state index in [1.807, 2.05) is 0 Å². The lowest BCUT2D eigenvalue weighted by Crippen LogP contribution is -2.36. The van der Waals surface area contributed by atoms with Gasteiger partial charge in [0.05, 0.1) is 5.75 Å². The molecule has 1 aromatic rings. The van der Waals surface area contributed by atoms with E-state index in [1.54, 1.807) is 20.8 Å². The number of hydrogen-bond acceptors (Lipinski definition) is 6. The molecule has 2 amide bonds. The molecule has 0 saturated carbocycles. The van der Waals surface area contributed by atoms with Crippen LogP contribution in [0.15, 0.2) is 12.4 Å². The van der Waals surface area contributed by atoms with Crippen molar-refractivity contribution in [1.82, 2.24) is 19.6 Å². The number of amides is 2. The van der Waals surface area contributed by atoms with E-state index in [-0.39, 0.29) is 42.8 Å². The van der Waals surface area contributed by atoms with Gasteiger partial charge in [0.2, 0.25) is 15.9 Å². The van der Waals surface area contributed by atoms with Crippen molar-refractivity contribution in [2.45, 2.75) is 20.8 Å². The van der Waals surface area contributed by atoms with Crippen molar-refractivity contribution in [1.29, 1.82) is 0 Å². The van der Waals surface area contributed by atoms with Crippen molar-refractivity contribution in [2.24, 2.45) is 5.41 Å². The van der Waals surface area contributed by atoms with E-state index in [2.05, 4.69) is 20.0 Å². The van der Waals surface area contributed by atoms with Crippen LogP contribution in [0.2, 0.25) is 0 Å². The number of aromatic nitrogens is 2. The summed E-state index contributed by atoms with van der Waals surface area (Å²) < 4.78 is 25.5. The summed E-state index contributed by atoms with van der Waals surface area (Å²) in [7, 11) is -3.37. The molecule has 0 aliphatic carbocycles. The summed E-state index contributed by atoms with van der Waals surface area (Å²) in [6.45, 7) is 5.64. The minimum Gasteiger partial charge on any atom is -0.335 e. The number of nitrogens with one attached hydrogen (secondary N) is 2. The Labute approximate surface area is 140 Å². The Balaban J connectivity index is 2.22. The van der Waals surface area contributed by atoms with E-state index in [0.717, 1.165) is 0 Å². The highest BCUT2D eigenvalue weighted by Gasteiger charge is 2.28. The van der Waals surface area contributed by atoms with Gasteiger partial charge in [-0.25, -0.2) is 23.1 Å². The quantitative estimate of drug-likeness (QED) is 0.760. The van der Waals surface area contributed by atoms with Crippen LogP contribution in [0.5, 0.6) is 0 Å². The molecule has 24 heavy (non-hydrogen) atoms. The van der Waals surface area contributed by atoms with E-state index < -0.39 is 21.3 Å². The van der Waals surface area contributed by atoms with Gasteiger partial charge in [0.1, 0.15) is 0 Å². The highest BCUT2D eigenvalue weighted by molar-refractivity contribution is 7.89. The van der Waals surface area contributed by atoms with Gasteiger partial charge in [-0.15, -0.1) is 0 Å². The van der Waals surface area contributed by atoms with Gasteiger partial charge in [-0.3, -0.25) is 9.59 Å². The molecule has 0 spiro atoms. The normalized spacial score (nSPS) is 17.9. The zero-order valence-electron chi connectivity index (χ0n) is 13.9. The van der Waals surface area contributed by atoms with Crippen molar-refractivity contribution in [3.8, 4) is 0 Å². The fourth-order valence-corrected chi connectivity index (χ4v) is 2.99. The third kappa shape index (κ3) is 4.48. The maximum Gasteiger partial charge on any atom is 0.276 e. The van der Waals surface area contributed by atoms with Crippen molar-refractivity contribution in [3.05, 3.63) is 18.1 Å². The van der Waals surface area contributed by atoms with Gasteiger partial charge in [0.15, 0.2) is 11.5 Å². The summed E-state index contributed by atoms with van der Waals surface area (Å²) in [5.41, 5.74) is -0.660. The number of anilines is 1. The molecule has 1 aromatic heterocycles. The maximum atomic E-state index is 12.7. The van der Waals surface area contributed by atoms with Crippen molar-refractivity contribution < 1.29 is 18.0 Å². The summed E-state index contributed by atoms with van der Waals surface area (Å²) >= 11 is 0. The number of carbonyl (C=O) groups is 2. The van der Waals surface area contributed by atoms with Crippen LogP contribution >= 0.6 is 0 Å². The number of hydrogen-bond donors (Lipinski definition) is 2. The lowest BCUT2D eigenvalue weighted by molar-refractivity contribution is -0.123. The van der Waals surface area contributed by atoms with Crippen LogP contribution in [0.3, 0.4) is 0 Å². The first-order valence-electron chi connectivity index (χ1n) is 7.49. The minimum atomic E-state index is -3.37. The fourth-order valence-electron chi connectivity index (χ4n) is 1.98. The lowest BCUT2D eigenvalue weighted by atomic mass is 9.96. The first-order chi connectivity index (χ1) is 11.1. The van der Waals surface area contributed by atoms with Crippen LogP contribution < -0.4 is 10.0 Å². The molecule has 2 heterocycles. The topological polar surface area (TPSA) is 121 Å². The summed E-state index contributed by atoms with van der Waals surface area (Å²) in [5, 5.41) is 2.61. The molecule has 132 valence electrons. The van der Waals surface area contributed by atoms with E-state index >= 15 is 0 Å². The molecule has 0 unspecified atom stereocenters. The second-order valence-corrected chi connectivity index (χ2v) is 8.39. The van der Waals surface area contributed by atoms with Gasteiger partial charge >= 0.3 is 0 Å².